The van der Waals surface area contributed by atoms with Gasteiger partial charge in [0.05, 0.1) is 11.3 Å². The van der Waals surface area contributed by atoms with Crippen molar-refractivity contribution in [1.82, 2.24) is 20.2 Å². The van der Waals surface area contributed by atoms with E-state index < -0.39 is 5.97 Å². The molecule has 3 rings (SSSR count). The Kier molecular flexibility index (Phi) is 4.42. The molecule has 0 radical (unpaired) electrons. The van der Waals surface area contributed by atoms with Gasteiger partial charge in [0.25, 0.3) is 0 Å². The standard InChI is InChI=1S/C15H10BrFN4O2/c16-14-7-12(17)5-4-11(14)8-23-15(22)10-2-1-3-13(6-10)21-9-18-19-20-21/h1-7,9H,8H2. The SMILES string of the molecule is O=C(OCc1ccc(F)cc1Br)c1cccc(-n2cnnn2)c1. The number of tetrazole rings is 1. The number of esters is 1. The lowest BCUT2D eigenvalue weighted by atomic mass is 10.2. The fourth-order valence-corrected chi connectivity index (χ4v) is 2.39. The van der Waals surface area contributed by atoms with Crippen LogP contribution in [0.15, 0.2) is 53.3 Å². The molecule has 1 aromatic heterocycles. The van der Waals surface area contributed by atoms with Gasteiger partial charge >= 0.3 is 5.97 Å². The van der Waals surface area contributed by atoms with E-state index in [0.29, 0.717) is 21.3 Å². The molecule has 0 aliphatic heterocycles. The number of carbonyl (C=O) groups excluding carboxylic acids is 1. The highest BCUT2D eigenvalue weighted by molar-refractivity contribution is 9.10. The number of hydrogen-bond acceptors (Lipinski definition) is 5. The van der Waals surface area contributed by atoms with Gasteiger partial charge in [-0.1, -0.05) is 28.1 Å². The van der Waals surface area contributed by atoms with Crippen molar-refractivity contribution < 1.29 is 13.9 Å². The molecule has 0 aliphatic carbocycles. The summed E-state index contributed by atoms with van der Waals surface area (Å²) in [6.45, 7) is 0.0365. The molecule has 0 saturated carbocycles. The lowest BCUT2D eigenvalue weighted by Gasteiger charge is -2.08. The first-order chi connectivity index (χ1) is 11.1. The Balaban J connectivity index is 1.72. The molecule has 1 heterocycles. The highest BCUT2D eigenvalue weighted by Crippen LogP contribution is 2.19. The van der Waals surface area contributed by atoms with Crippen LogP contribution in [-0.2, 0) is 11.3 Å². The quantitative estimate of drug-likeness (QED) is 0.654. The van der Waals surface area contributed by atoms with Crippen LogP contribution in [0.5, 0.6) is 0 Å². The van der Waals surface area contributed by atoms with Crippen molar-refractivity contribution in [2.45, 2.75) is 6.61 Å². The number of ether oxygens (including phenoxy) is 1. The molecule has 3 aromatic rings. The van der Waals surface area contributed by atoms with Gasteiger partial charge in [0.1, 0.15) is 18.8 Å². The van der Waals surface area contributed by atoms with E-state index in [1.807, 2.05) is 0 Å². The molecule has 116 valence electrons. The monoisotopic (exact) mass is 376 g/mol. The third-order valence-corrected chi connectivity index (χ3v) is 3.81. The fraction of sp³-hybridized carbons (Fsp3) is 0.0667. The molecule has 6 nitrogen and oxygen atoms in total. The summed E-state index contributed by atoms with van der Waals surface area (Å²) in [6.07, 6.45) is 1.43. The number of aromatic nitrogens is 4. The number of halogens is 2. The maximum Gasteiger partial charge on any atom is 0.338 e. The molecule has 8 heteroatoms. The summed E-state index contributed by atoms with van der Waals surface area (Å²) in [7, 11) is 0. The molecule has 0 unspecified atom stereocenters. The van der Waals surface area contributed by atoms with Crippen molar-refractivity contribution in [2.24, 2.45) is 0 Å². The lowest BCUT2D eigenvalue weighted by Crippen LogP contribution is -2.07. The van der Waals surface area contributed by atoms with Gasteiger partial charge in [0.15, 0.2) is 0 Å². The molecule has 0 N–H and O–H groups in total. The molecule has 0 bridgehead atoms. The van der Waals surface area contributed by atoms with Gasteiger partial charge in [-0.05, 0) is 40.8 Å². The van der Waals surface area contributed by atoms with Crippen LogP contribution in [0, 0.1) is 5.82 Å². The summed E-state index contributed by atoms with van der Waals surface area (Å²) in [5.41, 5.74) is 1.69. The largest absolute Gasteiger partial charge is 0.457 e. The van der Waals surface area contributed by atoms with Crippen LogP contribution in [-0.4, -0.2) is 26.2 Å². The first kappa shape index (κ1) is 15.3. The van der Waals surface area contributed by atoms with Crippen molar-refractivity contribution in [3.05, 3.63) is 70.2 Å². The maximum absolute atomic E-state index is 13.0. The lowest BCUT2D eigenvalue weighted by molar-refractivity contribution is 0.0472. The minimum Gasteiger partial charge on any atom is -0.457 e. The van der Waals surface area contributed by atoms with Crippen LogP contribution in [0.2, 0.25) is 0 Å². The van der Waals surface area contributed by atoms with Gasteiger partial charge in [-0.3, -0.25) is 0 Å². The van der Waals surface area contributed by atoms with Crippen LogP contribution in [0.25, 0.3) is 5.69 Å². The van der Waals surface area contributed by atoms with E-state index in [1.165, 1.54) is 23.1 Å². The summed E-state index contributed by atoms with van der Waals surface area (Å²) in [4.78, 5) is 12.1. The van der Waals surface area contributed by atoms with Crippen molar-refractivity contribution in [1.29, 1.82) is 0 Å². The minimum absolute atomic E-state index is 0.0365. The molecule has 0 fully saturated rings. The van der Waals surface area contributed by atoms with E-state index in [1.54, 1.807) is 30.3 Å². The first-order valence-corrected chi connectivity index (χ1v) is 7.37. The average molecular weight is 377 g/mol. The maximum atomic E-state index is 13.0. The zero-order valence-electron chi connectivity index (χ0n) is 11.7. The molecular formula is C15H10BrFN4O2. The fourth-order valence-electron chi connectivity index (χ4n) is 1.92. The Labute approximate surface area is 139 Å². The molecule has 0 aliphatic rings. The van der Waals surface area contributed by atoms with Gasteiger partial charge in [0, 0.05) is 10.0 Å². The van der Waals surface area contributed by atoms with Crippen molar-refractivity contribution in [3.8, 4) is 5.69 Å². The summed E-state index contributed by atoms with van der Waals surface area (Å²) in [5.74, 6) is -0.850. The van der Waals surface area contributed by atoms with E-state index >= 15 is 0 Å². The van der Waals surface area contributed by atoms with Gasteiger partial charge in [-0.2, -0.15) is 0 Å². The number of rotatable bonds is 4. The molecule has 0 spiro atoms. The third-order valence-electron chi connectivity index (χ3n) is 3.07. The van der Waals surface area contributed by atoms with Crippen LogP contribution in [0.1, 0.15) is 15.9 Å². The Morgan fingerprint density at radius 3 is 2.87 bits per heavy atom. The zero-order chi connectivity index (χ0) is 16.2. The Bertz CT molecular complexity index is 839. The van der Waals surface area contributed by atoms with Gasteiger partial charge < -0.3 is 4.74 Å². The Morgan fingerprint density at radius 2 is 2.13 bits per heavy atom. The highest BCUT2D eigenvalue weighted by Gasteiger charge is 2.11. The summed E-state index contributed by atoms with van der Waals surface area (Å²) >= 11 is 3.23. The van der Waals surface area contributed by atoms with Gasteiger partial charge in [-0.15, -0.1) is 5.10 Å². The van der Waals surface area contributed by atoms with E-state index in [2.05, 4.69) is 31.5 Å². The predicted octanol–water partition coefficient (Wildman–Crippen LogP) is 2.92. The van der Waals surface area contributed by atoms with E-state index in [4.69, 9.17) is 4.74 Å². The first-order valence-electron chi connectivity index (χ1n) is 6.58. The summed E-state index contributed by atoms with van der Waals surface area (Å²) < 4.78 is 20.3. The number of benzene rings is 2. The Hall–Kier alpha value is -2.61. The summed E-state index contributed by atoms with van der Waals surface area (Å²) in [6, 6.07) is 10.9. The van der Waals surface area contributed by atoms with Crippen LogP contribution < -0.4 is 0 Å². The van der Waals surface area contributed by atoms with Crippen LogP contribution >= 0.6 is 15.9 Å². The van der Waals surface area contributed by atoms with Gasteiger partial charge in [-0.25, -0.2) is 13.9 Å². The van der Waals surface area contributed by atoms with Crippen LogP contribution in [0.3, 0.4) is 0 Å². The molecule has 0 atom stereocenters. The summed E-state index contributed by atoms with van der Waals surface area (Å²) in [5, 5.41) is 10.9. The minimum atomic E-state index is -0.490. The topological polar surface area (TPSA) is 69.9 Å². The third kappa shape index (κ3) is 3.59. The number of nitrogens with zero attached hydrogens (tertiary/aromatic N) is 4. The molecule has 2 aromatic carbocycles. The van der Waals surface area contributed by atoms with Crippen molar-refractivity contribution >= 4 is 21.9 Å². The molecular weight excluding hydrogens is 367 g/mol. The van der Waals surface area contributed by atoms with E-state index in [-0.39, 0.29) is 12.4 Å². The molecule has 0 amide bonds. The number of hydrogen-bond donors (Lipinski definition) is 0. The second-order valence-electron chi connectivity index (χ2n) is 4.62. The van der Waals surface area contributed by atoms with Crippen LogP contribution in [0.4, 0.5) is 4.39 Å². The normalized spacial score (nSPS) is 10.5. The van der Waals surface area contributed by atoms with Gasteiger partial charge in [0.2, 0.25) is 0 Å². The predicted molar refractivity (Wildman–Crippen MR) is 82.4 cm³/mol. The average Bonchev–Trinajstić information content (AvgIpc) is 3.08. The zero-order valence-corrected chi connectivity index (χ0v) is 13.3. The molecule has 0 saturated heterocycles. The van der Waals surface area contributed by atoms with Crippen molar-refractivity contribution in [2.75, 3.05) is 0 Å². The highest BCUT2D eigenvalue weighted by atomic mass is 79.9. The molecule has 23 heavy (non-hydrogen) atoms. The van der Waals surface area contributed by atoms with E-state index in [0.717, 1.165) is 0 Å². The van der Waals surface area contributed by atoms with E-state index in [9.17, 15) is 9.18 Å². The number of carbonyl (C=O) groups is 1. The second-order valence-corrected chi connectivity index (χ2v) is 5.47. The second kappa shape index (κ2) is 6.66. The Morgan fingerprint density at radius 1 is 1.26 bits per heavy atom. The van der Waals surface area contributed by atoms with Crippen molar-refractivity contribution in [3.63, 3.8) is 0 Å². The smallest absolute Gasteiger partial charge is 0.338 e.